The number of hydrogen-bond acceptors (Lipinski definition) is 4. The Morgan fingerprint density at radius 2 is 2.22 bits per heavy atom. The summed E-state index contributed by atoms with van der Waals surface area (Å²) in [4.78, 5) is 2.21. The first-order valence-electron chi connectivity index (χ1n) is 6.58. The Morgan fingerprint density at radius 3 is 2.67 bits per heavy atom. The van der Waals surface area contributed by atoms with Gasteiger partial charge in [0.1, 0.15) is 0 Å². The van der Waals surface area contributed by atoms with Gasteiger partial charge in [0, 0.05) is 31.4 Å². The van der Waals surface area contributed by atoms with Gasteiger partial charge in [-0.25, -0.2) is 0 Å². The fourth-order valence-electron chi connectivity index (χ4n) is 2.17. The molecule has 1 heterocycles. The van der Waals surface area contributed by atoms with Crippen LogP contribution in [0.15, 0.2) is 12.4 Å². The third-order valence-electron chi connectivity index (χ3n) is 3.32. The highest BCUT2D eigenvalue weighted by Gasteiger charge is 2.24. The van der Waals surface area contributed by atoms with E-state index in [1.54, 1.807) is 4.68 Å². The Bertz CT molecular complexity index is 351. The van der Waals surface area contributed by atoms with Crippen LogP contribution in [0.5, 0.6) is 0 Å². The highest BCUT2D eigenvalue weighted by molar-refractivity contribution is 5.13. The number of rotatable bonds is 7. The minimum absolute atomic E-state index is 0.0770. The Labute approximate surface area is 110 Å². The Morgan fingerprint density at radius 1 is 1.56 bits per heavy atom. The van der Waals surface area contributed by atoms with E-state index in [0.717, 1.165) is 24.9 Å². The van der Waals surface area contributed by atoms with Gasteiger partial charge in [0.15, 0.2) is 0 Å². The molecule has 5 heteroatoms. The molecule has 0 saturated carbocycles. The third-order valence-corrected chi connectivity index (χ3v) is 3.32. The molecular formula is C13H26N4O. The second-order valence-corrected chi connectivity index (χ2v) is 5.08. The molecule has 1 aromatic rings. The summed E-state index contributed by atoms with van der Waals surface area (Å²) in [6.07, 6.45) is 5.28. The number of nitrogens with zero attached hydrogens (tertiary/aromatic N) is 3. The van der Waals surface area contributed by atoms with E-state index in [1.165, 1.54) is 0 Å². The first kappa shape index (κ1) is 15.1. The number of aryl methyl sites for hydroxylation is 1. The summed E-state index contributed by atoms with van der Waals surface area (Å²) in [5.41, 5.74) is 7.36. The highest BCUT2D eigenvalue weighted by Crippen LogP contribution is 2.23. The molecule has 0 spiro atoms. The summed E-state index contributed by atoms with van der Waals surface area (Å²) in [6.45, 7) is 4.73. The van der Waals surface area contributed by atoms with Crippen molar-refractivity contribution >= 4 is 0 Å². The molecule has 1 aromatic heterocycles. The van der Waals surface area contributed by atoms with E-state index in [-0.39, 0.29) is 18.2 Å². The van der Waals surface area contributed by atoms with Crippen LogP contribution >= 0.6 is 0 Å². The number of nitrogens with two attached hydrogens (primary N) is 1. The Kier molecular flexibility index (Phi) is 5.78. The topological polar surface area (TPSA) is 67.3 Å². The summed E-state index contributed by atoms with van der Waals surface area (Å²) < 4.78 is 1.80. The molecule has 0 aromatic carbocycles. The van der Waals surface area contributed by atoms with E-state index < -0.39 is 0 Å². The second kappa shape index (κ2) is 6.87. The van der Waals surface area contributed by atoms with Crippen LogP contribution in [0.25, 0.3) is 0 Å². The van der Waals surface area contributed by atoms with E-state index in [2.05, 4.69) is 24.0 Å². The minimum atomic E-state index is -0.278. The fraction of sp³-hybridized carbons (Fsp3) is 0.769. The number of aliphatic hydroxyl groups excluding tert-OH is 1. The zero-order valence-corrected chi connectivity index (χ0v) is 11.9. The molecule has 0 bridgehead atoms. The van der Waals surface area contributed by atoms with Crippen molar-refractivity contribution in [2.75, 3.05) is 13.6 Å². The van der Waals surface area contributed by atoms with E-state index >= 15 is 0 Å². The van der Waals surface area contributed by atoms with Crippen LogP contribution in [0.2, 0.25) is 0 Å². The molecule has 3 unspecified atom stereocenters. The molecule has 0 aliphatic rings. The number of aromatic nitrogens is 2. The summed E-state index contributed by atoms with van der Waals surface area (Å²) in [5.74, 6) is 0. The predicted molar refractivity (Wildman–Crippen MR) is 73.1 cm³/mol. The first-order valence-corrected chi connectivity index (χ1v) is 6.58. The second-order valence-electron chi connectivity index (χ2n) is 5.08. The van der Waals surface area contributed by atoms with Gasteiger partial charge in [-0.05, 0) is 26.8 Å². The van der Waals surface area contributed by atoms with E-state index in [4.69, 9.17) is 5.73 Å². The fourth-order valence-corrected chi connectivity index (χ4v) is 2.17. The first-order chi connectivity index (χ1) is 8.45. The van der Waals surface area contributed by atoms with Crippen molar-refractivity contribution in [3.8, 4) is 0 Å². The van der Waals surface area contributed by atoms with Gasteiger partial charge in [-0.15, -0.1) is 0 Å². The summed E-state index contributed by atoms with van der Waals surface area (Å²) in [6, 6.07) is 0.232. The van der Waals surface area contributed by atoms with Crippen molar-refractivity contribution < 1.29 is 5.11 Å². The largest absolute Gasteiger partial charge is 0.393 e. The molecule has 0 saturated heterocycles. The molecule has 1 rings (SSSR count). The monoisotopic (exact) mass is 254 g/mol. The van der Waals surface area contributed by atoms with Crippen molar-refractivity contribution in [3.05, 3.63) is 18.0 Å². The molecule has 0 fully saturated rings. The maximum absolute atomic E-state index is 9.38. The third kappa shape index (κ3) is 4.08. The highest BCUT2D eigenvalue weighted by atomic mass is 16.3. The lowest BCUT2D eigenvalue weighted by molar-refractivity contribution is 0.140. The summed E-state index contributed by atoms with van der Waals surface area (Å²) in [7, 11) is 3.96. The van der Waals surface area contributed by atoms with Crippen LogP contribution in [-0.2, 0) is 7.05 Å². The Balaban J connectivity index is 2.78. The van der Waals surface area contributed by atoms with Gasteiger partial charge in [0.05, 0.1) is 18.3 Å². The molecule has 18 heavy (non-hydrogen) atoms. The maximum atomic E-state index is 9.38. The lowest BCUT2D eigenvalue weighted by Crippen LogP contribution is -2.39. The van der Waals surface area contributed by atoms with Crippen molar-refractivity contribution in [2.24, 2.45) is 12.8 Å². The smallest absolute Gasteiger partial charge is 0.0538 e. The van der Waals surface area contributed by atoms with Crippen molar-refractivity contribution in [3.63, 3.8) is 0 Å². The average molecular weight is 254 g/mol. The molecule has 104 valence electrons. The Hall–Kier alpha value is -0.910. The molecule has 3 atom stereocenters. The van der Waals surface area contributed by atoms with Crippen molar-refractivity contribution in [2.45, 2.75) is 44.9 Å². The van der Waals surface area contributed by atoms with Crippen LogP contribution in [-0.4, -0.2) is 45.5 Å². The quantitative estimate of drug-likeness (QED) is 0.758. The zero-order chi connectivity index (χ0) is 13.7. The molecule has 0 aliphatic heterocycles. The van der Waals surface area contributed by atoms with E-state index in [1.807, 2.05) is 26.4 Å². The van der Waals surface area contributed by atoms with Crippen LogP contribution in [0.1, 0.15) is 38.3 Å². The van der Waals surface area contributed by atoms with Crippen molar-refractivity contribution in [1.29, 1.82) is 0 Å². The van der Waals surface area contributed by atoms with Gasteiger partial charge in [-0.2, -0.15) is 5.10 Å². The summed E-state index contributed by atoms with van der Waals surface area (Å²) >= 11 is 0. The standard InChI is InChI=1S/C13H26N4O/c1-5-12(14)13(11-8-15-17(4)9-11)16(3)7-6-10(2)18/h8-10,12-13,18H,5-7,14H2,1-4H3. The SMILES string of the molecule is CCC(N)C(c1cnn(C)c1)N(C)CCC(C)O. The lowest BCUT2D eigenvalue weighted by atomic mass is 9.99. The normalized spacial score (nSPS) is 16.8. The molecular weight excluding hydrogens is 228 g/mol. The van der Waals surface area contributed by atoms with Crippen LogP contribution < -0.4 is 5.73 Å². The van der Waals surface area contributed by atoms with Gasteiger partial charge in [-0.3, -0.25) is 9.58 Å². The van der Waals surface area contributed by atoms with Crippen LogP contribution in [0.3, 0.4) is 0 Å². The van der Waals surface area contributed by atoms with Crippen LogP contribution in [0, 0.1) is 0 Å². The maximum Gasteiger partial charge on any atom is 0.0538 e. The number of likely N-dealkylation sites (N-methyl/N-ethyl adjacent to an activating group) is 1. The van der Waals surface area contributed by atoms with Gasteiger partial charge >= 0.3 is 0 Å². The van der Waals surface area contributed by atoms with Gasteiger partial charge in [-0.1, -0.05) is 6.92 Å². The van der Waals surface area contributed by atoms with Gasteiger partial charge < -0.3 is 10.8 Å². The van der Waals surface area contributed by atoms with E-state index in [0.29, 0.717) is 0 Å². The predicted octanol–water partition coefficient (Wildman–Crippen LogP) is 0.901. The molecule has 0 aliphatic carbocycles. The zero-order valence-electron chi connectivity index (χ0n) is 11.9. The van der Waals surface area contributed by atoms with E-state index in [9.17, 15) is 5.11 Å². The molecule has 3 N–H and O–H groups in total. The number of aliphatic hydroxyl groups is 1. The average Bonchev–Trinajstić information content (AvgIpc) is 2.73. The molecule has 5 nitrogen and oxygen atoms in total. The van der Waals surface area contributed by atoms with Gasteiger partial charge in [0.25, 0.3) is 0 Å². The van der Waals surface area contributed by atoms with Crippen molar-refractivity contribution in [1.82, 2.24) is 14.7 Å². The molecule has 0 amide bonds. The van der Waals surface area contributed by atoms with Crippen LogP contribution in [0.4, 0.5) is 0 Å². The number of hydrogen-bond donors (Lipinski definition) is 2. The minimum Gasteiger partial charge on any atom is -0.393 e. The molecule has 0 radical (unpaired) electrons. The lowest BCUT2D eigenvalue weighted by Gasteiger charge is -2.32. The van der Waals surface area contributed by atoms with Gasteiger partial charge in [0.2, 0.25) is 0 Å². The summed E-state index contributed by atoms with van der Waals surface area (Å²) in [5, 5.41) is 13.6.